The Labute approximate surface area is 114 Å². The zero-order chi connectivity index (χ0) is 13.8. The summed E-state index contributed by atoms with van der Waals surface area (Å²) in [7, 11) is 0. The van der Waals surface area contributed by atoms with Gasteiger partial charge in [-0.1, -0.05) is 51.1 Å². The number of Topliss-reactive ketones (excluding diaryl/α,β-unsaturated/α-hetero) is 2. The maximum atomic E-state index is 12.7. The number of hydrogen-bond acceptors (Lipinski definition) is 2. The molecular weight excluding hydrogens is 236 g/mol. The molecule has 2 heteroatoms. The van der Waals surface area contributed by atoms with Crippen molar-refractivity contribution in [3.05, 3.63) is 35.9 Å². The molecule has 0 radical (unpaired) electrons. The molecule has 3 atom stereocenters. The maximum Gasteiger partial charge on any atom is 0.173 e. The smallest absolute Gasteiger partial charge is 0.173 e. The minimum Gasteiger partial charge on any atom is -0.298 e. The quantitative estimate of drug-likeness (QED) is 0.599. The monoisotopic (exact) mass is 256 g/mol. The lowest BCUT2D eigenvalue weighted by Crippen LogP contribution is -2.35. The van der Waals surface area contributed by atoms with Crippen molar-refractivity contribution in [2.45, 2.75) is 33.6 Å². The van der Waals surface area contributed by atoms with E-state index < -0.39 is 5.92 Å². The summed E-state index contributed by atoms with van der Waals surface area (Å²) < 4.78 is 0. The highest BCUT2D eigenvalue weighted by Gasteiger charge is 2.67. The van der Waals surface area contributed by atoms with Gasteiger partial charge in [0.2, 0.25) is 0 Å². The van der Waals surface area contributed by atoms with Gasteiger partial charge < -0.3 is 0 Å². The van der Waals surface area contributed by atoms with E-state index in [1.165, 1.54) is 0 Å². The predicted molar refractivity (Wildman–Crippen MR) is 73.9 cm³/mol. The molecular formula is C17H20O2. The van der Waals surface area contributed by atoms with Crippen LogP contribution in [0.4, 0.5) is 0 Å². The Kier molecular flexibility index (Phi) is 2.51. The summed E-state index contributed by atoms with van der Waals surface area (Å²) in [6, 6.07) is 9.24. The standard InChI is InChI=1S/C17H20O2/c1-16(2)12-9-10-17(16,3)15(19)13(12)14(18)11-7-5-4-6-8-11/h4-8,12-13H,9-10H2,1-3H3/t12-,13+,17-/m1/s1. The molecule has 0 spiro atoms. The van der Waals surface area contributed by atoms with E-state index in [0.29, 0.717) is 5.56 Å². The summed E-state index contributed by atoms with van der Waals surface area (Å²) in [5, 5.41) is 0. The number of carbonyl (C=O) groups excluding carboxylic acids is 2. The largest absolute Gasteiger partial charge is 0.298 e. The van der Waals surface area contributed by atoms with Crippen LogP contribution in [-0.4, -0.2) is 11.6 Å². The molecule has 2 aliphatic rings. The fourth-order valence-corrected chi connectivity index (χ4v) is 4.17. The molecule has 0 amide bonds. The van der Waals surface area contributed by atoms with Crippen LogP contribution in [0, 0.1) is 22.7 Å². The van der Waals surface area contributed by atoms with Crippen molar-refractivity contribution < 1.29 is 9.59 Å². The fourth-order valence-electron chi connectivity index (χ4n) is 4.17. The number of rotatable bonds is 2. The van der Waals surface area contributed by atoms with E-state index >= 15 is 0 Å². The maximum absolute atomic E-state index is 12.7. The molecule has 19 heavy (non-hydrogen) atoms. The lowest BCUT2D eigenvalue weighted by atomic mass is 9.70. The van der Waals surface area contributed by atoms with Crippen LogP contribution >= 0.6 is 0 Å². The molecule has 0 saturated heterocycles. The molecule has 2 nitrogen and oxygen atoms in total. The van der Waals surface area contributed by atoms with Crippen LogP contribution in [0.2, 0.25) is 0 Å². The van der Waals surface area contributed by atoms with Gasteiger partial charge in [-0.25, -0.2) is 0 Å². The lowest BCUT2D eigenvalue weighted by Gasteiger charge is -2.32. The minimum atomic E-state index is -0.420. The van der Waals surface area contributed by atoms with Crippen LogP contribution in [0.15, 0.2) is 30.3 Å². The second-order valence-corrected chi connectivity index (χ2v) is 6.77. The van der Waals surface area contributed by atoms with E-state index in [1.54, 1.807) is 0 Å². The molecule has 0 heterocycles. The normalized spacial score (nSPS) is 35.6. The first-order valence-corrected chi connectivity index (χ1v) is 7.03. The second-order valence-electron chi connectivity index (χ2n) is 6.77. The number of fused-ring (bicyclic) bond motifs is 2. The van der Waals surface area contributed by atoms with E-state index in [-0.39, 0.29) is 28.3 Å². The van der Waals surface area contributed by atoms with Gasteiger partial charge in [0.25, 0.3) is 0 Å². The molecule has 3 rings (SSSR count). The van der Waals surface area contributed by atoms with Gasteiger partial charge >= 0.3 is 0 Å². The molecule has 2 aliphatic carbocycles. The van der Waals surface area contributed by atoms with Gasteiger partial charge in [-0.2, -0.15) is 0 Å². The molecule has 100 valence electrons. The summed E-state index contributed by atoms with van der Waals surface area (Å²) in [6.07, 6.45) is 1.93. The summed E-state index contributed by atoms with van der Waals surface area (Å²) in [5.74, 6) is -0.0245. The Morgan fingerprint density at radius 1 is 1.16 bits per heavy atom. The van der Waals surface area contributed by atoms with E-state index in [0.717, 1.165) is 12.8 Å². The second kappa shape index (κ2) is 3.78. The summed E-state index contributed by atoms with van der Waals surface area (Å²) >= 11 is 0. The molecule has 2 bridgehead atoms. The SMILES string of the molecule is CC1(C)[C@@H]2CC[C@]1(C)C(=O)[C@@H]2C(=O)c1ccccc1. The first-order chi connectivity index (χ1) is 8.89. The highest BCUT2D eigenvalue weighted by atomic mass is 16.2. The van der Waals surface area contributed by atoms with Gasteiger partial charge in [0.1, 0.15) is 5.78 Å². The van der Waals surface area contributed by atoms with Crippen LogP contribution in [0.5, 0.6) is 0 Å². The molecule has 0 N–H and O–H groups in total. The Bertz CT molecular complexity index is 544. The van der Waals surface area contributed by atoms with Crippen LogP contribution in [0.1, 0.15) is 44.0 Å². The van der Waals surface area contributed by atoms with Gasteiger partial charge in [0.05, 0.1) is 5.92 Å². The van der Waals surface area contributed by atoms with Crippen LogP contribution in [0.3, 0.4) is 0 Å². The Hall–Kier alpha value is -1.44. The van der Waals surface area contributed by atoms with Crippen LogP contribution in [-0.2, 0) is 4.79 Å². The first-order valence-electron chi connectivity index (χ1n) is 7.03. The molecule has 2 saturated carbocycles. The molecule has 1 aromatic carbocycles. The molecule has 0 aromatic heterocycles. The zero-order valence-electron chi connectivity index (χ0n) is 11.8. The Balaban J connectivity index is 2.01. The first kappa shape index (κ1) is 12.6. The van der Waals surface area contributed by atoms with Crippen molar-refractivity contribution in [2.75, 3.05) is 0 Å². The zero-order valence-corrected chi connectivity index (χ0v) is 11.8. The fraction of sp³-hybridized carbons (Fsp3) is 0.529. The number of benzene rings is 1. The number of carbonyl (C=O) groups is 2. The van der Waals surface area contributed by atoms with Gasteiger partial charge in [-0.05, 0) is 24.2 Å². The highest BCUT2D eigenvalue weighted by Crippen LogP contribution is 2.66. The molecule has 2 fully saturated rings. The van der Waals surface area contributed by atoms with Crippen LogP contribution < -0.4 is 0 Å². The van der Waals surface area contributed by atoms with Crippen LogP contribution in [0.25, 0.3) is 0 Å². The Morgan fingerprint density at radius 3 is 2.32 bits per heavy atom. The Morgan fingerprint density at radius 2 is 1.79 bits per heavy atom. The van der Waals surface area contributed by atoms with Gasteiger partial charge in [-0.15, -0.1) is 0 Å². The van der Waals surface area contributed by atoms with Crippen molar-refractivity contribution in [3.8, 4) is 0 Å². The van der Waals surface area contributed by atoms with Crippen molar-refractivity contribution in [1.29, 1.82) is 0 Å². The van der Waals surface area contributed by atoms with E-state index in [4.69, 9.17) is 0 Å². The van der Waals surface area contributed by atoms with Gasteiger partial charge in [-0.3, -0.25) is 9.59 Å². The van der Waals surface area contributed by atoms with Crippen molar-refractivity contribution in [1.82, 2.24) is 0 Å². The van der Waals surface area contributed by atoms with E-state index in [2.05, 4.69) is 13.8 Å². The van der Waals surface area contributed by atoms with Crippen molar-refractivity contribution in [3.63, 3.8) is 0 Å². The molecule has 1 aromatic rings. The average Bonchev–Trinajstić information content (AvgIpc) is 2.71. The third-order valence-electron chi connectivity index (χ3n) is 5.87. The number of ketones is 2. The third kappa shape index (κ3) is 1.43. The lowest BCUT2D eigenvalue weighted by molar-refractivity contribution is -0.130. The van der Waals surface area contributed by atoms with Crippen molar-refractivity contribution >= 4 is 11.6 Å². The number of hydrogen-bond donors (Lipinski definition) is 0. The van der Waals surface area contributed by atoms with Crippen molar-refractivity contribution in [2.24, 2.45) is 22.7 Å². The van der Waals surface area contributed by atoms with Gasteiger partial charge in [0.15, 0.2) is 5.78 Å². The third-order valence-corrected chi connectivity index (χ3v) is 5.87. The molecule has 0 unspecified atom stereocenters. The average molecular weight is 256 g/mol. The minimum absolute atomic E-state index is 0.0205. The van der Waals surface area contributed by atoms with Gasteiger partial charge in [0, 0.05) is 11.0 Å². The molecule has 0 aliphatic heterocycles. The summed E-state index contributed by atoms with van der Waals surface area (Å²) in [4.78, 5) is 25.4. The predicted octanol–water partition coefficient (Wildman–Crippen LogP) is 3.51. The van der Waals surface area contributed by atoms with E-state index in [1.807, 2.05) is 37.3 Å². The summed E-state index contributed by atoms with van der Waals surface area (Å²) in [5.41, 5.74) is 0.305. The van der Waals surface area contributed by atoms with E-state index in [9.17, 15) is 9.59 Å². The summed E-state index contributed by atoms with van der Waals surface area (Å²) in [6.45, 7) is 6.36. The highest BCUT2D eigenvalue weighted by molar-refractivity contribution is 6.14. The topological polar surface area (TPSA) is 34.1 Å².